The average molecular weight is 353 g/mol. The van der Waals surface area contributed by atoms with Gasteiger partial charge in [0.15, 0.2) is 0 Å². The smallest absolute Gasteiger partial charge is 0.00199 e. The van der Waals surface area contributed by atoms with Crippen LogP contribution in [0.25, 0.3) is 0 Å². The molecule has 0 saturated heterocycles. The second-order valence-electron chi connectivity index (χ2n) is 7.10. The minimum absolute atomic E-state index is 0.896. The van der Waals surface area contributed by atoms with E-state index in [4.69, 9.17) is 0 Å². The molecule has 0 aliphatic rings. The highest BCUT2D eigenvalue weighted by atomic mass is 14.2. The van der Waals surface area contributed by atoms with E-state index in [-0.39, 0.29) is 0 Å². The number of aryl methyl sites for hydroxylation is 1. The first kappa shape index (κ1) is 18.9. The number of rotatable bonds is 8. The van der Waals surface area contributed by atoms with Crippen LogP contribution < -0.4 is 0 Å². The van der Waals surface area contributed by atoms with E-state index >= 15 is 0 Å². The van der Waals surface area contributed by atoms with E-state index in [0.717, 1.165) is 25.7 Å². The quantitative estimate of drug-likeness (QED) is 0.399. The van der Waals surface area contributed by atoms with Crippen molar-refractivity contribution in [3.05, 3.63) is 131 Å². The van der Waals surface area contributed by atoms with Crippen LogP contribution in [-0.2, 0) is 25.7 Å². The Balaban J connectivity index is 2.15. The lowest BCUT2D eigenvalue weighted by molar-refractivity contribution is 0.999. The fraction of sp³-hybridized carbons (Fsp3) is 0.185. The molecule has 0 aliphatic heterocycles. The first-order valence-electron chi connectivity index (χ1n) is 9.65. The minimum Gasteiger partial charge on any atom is -0.103 e. The van der Waals surface area contributed by atoms with Crippen molar-refractivity contribution >= 4 is 0 Å². The third-order valence-electron chi connectivity index (χ3n) is 5.14. The average Bonchev–Trinajstić information content (AvgIpc) is 2.69. The standard InChI is InChI=1S/C27H28/c1-4-12-24-18-21(3)26(19-22-14-8-6-9-15-22)27(25(24)13-5-2)20-23-16-10-7-11-17-23/h4-11,14-18H,1-2,12-13,19-20H2,3H3. The minimum atomic E-state index is 0.896. The molecule has 3 aromatic carbocycles. The van der Waals surface area contributed by atoms with E-state index in [1.54, 1.807) is 0 Å². The molecule has 0 spiro atoms. The molecule has 0 saturated carbocycles. The van der Waals surface area contributed by atoms with Crippen molar-refractivity contribution in [3.63, 3.8) is 0 Å². The number of hydrogen-bond acceptors (Lipinski definition) is 0. The van der Waals surface area contributed by atoms with Gasteiger partial charge < -0.3 is 0 Å². The maximum Gasteiger partial charge on any atom is -0.00199 e. The zero-order valence-corrected chi connectivity index (χ0v) is 16.2. The number of benzene rings is 3. The Bertz CT molecular complexity index is 902. The molecule has 0 heterocycles. The van der Waals surface area contributed by atoms with Gasteiger partial charge in [0, 0.05) is 0 Å². The molecule has 3 aromatic rings. The zero-order valence-electron chi connectivity index (χ0n) is 16.2. The van der Waals surface area contributed by atoms with Gasteiger partial charge >= 0.3 is 0 Å². The summed E-state index contributed by atoms with van der Waals surface area (Å²) in [5.41, 5.74) is 9.80. The SMILES string of the molecule is C=CCc1cc(C)c(Cc2ccccc2)c(Cc2ccccc2)c1CC=C. The monoisotopic (exact) mass is 352 g/mol. The van der Waals surface area contributed by atoms with Crippen molar-refractivity contribution in [1.82, 2.24) is 0 Å². The molecule has 0 radical (unpaired) electrons. The summed E-state index contributed by atoms with van der Waals surface area (Å²) in [5, 5.41) is 0. The molecule has 0 amide bonds. The Morgan fingerprint density at radius 2 is 1.19 bits per heavy atom. The van der Waals surface area contributed by atoms with Crippen molar-refractivity contribution in [2.45, 2.75) is 32.6 Å². The lowest BCUT2D eigenvalue weighted by atomic mass is 9.84. The molecule has 0 atom stereocenters. The lowest BCUT2D eigenvalue weighted by Crippen LogP contribution is -2.08. The number of allylic oxidation sites excluding steroid dienone is 2. The van der Waals surface area contributed by atoms with Gasteiger partial charge in [0.05, 0.1) is 0 Å². The molecule has 0 nitrogen and oxygen atoms in total. The van der Waals surface area contributed by atoms with Gasteiger partial charge in [-0.15, -0.1) is 13.2 Å². The summed E-state index contributed by atoms with van der Waals surface area (Å²) < 4.78 is 0. The second kappa shape index (κ2) is 9.19. The van der Waals surface area contributed by atoms with Crippen molar-refractivity contribution in [3.8, 4) is 0 Å². The molecular formula is C27H28. The molecular weight excluding hydrogens is 324 g/mol. The highest BCUT2D eigenvalue weighted by molar-refractivity contribution is 5.51. The zero-order chi connectivity index (χ0) is 19.1. The van der Waals surface area contributed by atoms with Gasteiger partial charge in [-0.25, -0.2) is 0 Å². The molecule has 27 heavy (non-hydrogen) atoms. The lowest BCUT2D eigenvalue weighted by Gasteiger charge is -2.21. The summed E-state index contributed by atoms with van der Waals surface area (Å²) in [6.45, 7) is 10.2. The van der Waals surface area contributed by atoms with Gasteiger partial charge in [-0.2, -0.15) is 0 Å². The van der Waals surface area contributed by atoms with Crippen molar-refractivity contribution in [2.24, 2.45) is 0 Å². The van der Waals surface area contributed by atoms with Crippen LogP contribution >= 0.6 is 0 Å². The molecule has 0 aliphatic carbocycles. The van der Waals surface area contributed by atoms with E-state index in [2.05, 4.69) is 86.8 Å². The van der Waals surface area contributed by atoms with Gasteiger partial charge in [0.2, 0.25) is 0 Å². The van der Waals surface area contributed by atoms with Crippen LogP contribution in [0.4, 0.5) is 0 Å². The van der Waals surface area contributed by atoms with Crippen LogP contribution in [0.2, 0.25) is 0 Å². The molecule has 0 unspecified atom stereocenters. The van der Waals surface area contributed by atoms with E-state index in [1.165, 1.54) is 38.9 Å². The highest BCUT2D eigenvalue weighted by Gasteiger charge is 2.16. The Hall–Kier alpha value is -2.86. The van der Waals surface area contributed by atoms with Crippen LogP contribution in [0.5, 0.6) is 0 Å². The number of hydrogen-bond donors (Lipinski definition) is 0. The molecule has 0 bridgehead atoms. The molecule has 0 aromatic heterocycles. The molecule has 0 heteroatoms. The van der Waals surface area contributed by atoms with Crippen molar-refractivity contribution in [1.29, 1.82) is 0 Å². The highest BCUT2D eigenvalue weighted by Crippen LogP contribution is 2.29. The predicted octanol–water partition coefficient (Wildman–Crippen LogP) is 6.63. The maximum atomic E-state index is 4.02. The fourth-order valence-electron chi connectivity index (χ4n) is 3.85. The fourth-order valence-corrected chi connectivity index (χ4v) is 3.85. The van der Waals surface area contributed by atoms with Gasteiger partial charge in [-0.3, -0.25) is 0 Å². The Labute approximate surface area is 163 Å². The summed E-state index contributed by atoms with van der Waals surface area (Å²) >= 11 is 0. The largest absolute Gasteiger partial charge is 0.103 e. The van der Waals surface area contributed by atoms with E-state index in [9.17, 15) is 0 Å². The predicted molar refractivity (Wildman–Crippen MR) is 117 cm³/mol. The molecule has 0 N–H and O–H groups in total. The maximum absolute atomic E-state index is 4.02. The first-order chi connectivity index (χ1) is 13.2. The molecule has 136 valence electrons. The summed E-state index contributed by atoms with van der Waals surface area (Å²) in [5.74, 6) is 0. The molecule has 3 rings (SSSR count). The van der Waals surface area contributed by atoms with Crippen LogP contribution in [0.1, 0.15) is 38.9 Å². The normalized spacial score (nSPS) is 10.6. The third-order valence-corrected chi connectivity index (χ3v) is 5.14. The third kappa shape index (κ3) is 4.65. The van der Waals surface area contributed by atoms with Crippen LogP contribution in [-0.4, -0.2) is 0 Å². The van der Waals surface area contributed by atoms with Crippen LogP contribution in [0, 0.1) is 6.92 Å². The molecule has 0 fully saturated rings. The summed E-state index contributed by atoms with van der Waals surface area (Å²) in [6.07, 6.45) is 7.75. The van der Waals surface area contributed by atoms with Gasteiger partial charge in [-0.1, -0.05) is 78.9 Å². The Kier molecular flexibility index (Phi) is 6.44. The van der Waals surface area contributed by atoms with Gasteiger partial charge in [0.25, 0.3) is 0 Å². The Morgan fingerprint density at radius 1 is 0.667 bits per heavy atom. The van der Waals surface area contributed by atoms with Crippen molar-refractivity contribution < 1.29 is 0 Å². The summed E-state index contributed by atoms with van der Waals surface area (Å²) in [6, 6.07) is 23.9. The Morgan fingerprint density at radius 3 is 1.70 bits per heavy atom. The topological polar surface area (TPSA) is 0 Å². The van der Waals surface area contributed by atoms with Gasteiger partial charge in [-0.05, 0) is 71.6 Å². The van der Waals surface area contributed by atoms with E-state index in [0.29, 0.717) is 0 Å². The van der Waals surface area contributed by atoms with Crippen LogP contribution in [0.15, 0.2) is 92.0 Å². The van der Waals surface area contributed by atoms with Gasteiger partial charge in [0.1, 0.15) is 0 Å². The van der Waals surface area contributed by atoms with E-state index in [1.807, 2.05) is 12.2 Å². The van der Waals surface area contributed by atoms with E-state index < -0.39 is 0 Å². The first-order valence-corrected chi connectivity index (χ1v) is 9.65. The summed E-state index contributed by atoms with van der Waals surface area (Å²) in [4.78, 5) is 0. The summed E-state index contributed by atoms with van der Waals surface area (Å²) in [7, 11) is 0. The van der Waals surface area contributed by atoms with Crippen LogP contribution in [0.3, 0.4) is 0 Å². The van der Waals surface area contributed by atoms with Crippen molar-refractivity contribution in [2.75, 3.05) is 0 Å². The second-order valence-corrected chi connectivity index (χ2v) is 7.10.